The van der Waals surface area contributed by atoms with E-state index in [2.05, 4.69) is 48.9 Å². The van der Waals surface area contributed by atoms with Gasteiger partial charge in [-0.25, -0.2) is 4.68 Å². The Labute approximate surface area is 91.9 Å². The van der Waals surface area contributed by atoms with Crippen LogP contribution in [0.5, 0.6) is 0 Å². The van der Waals surface area contributed by atoms with Crippen LogP contribution in [0.3, 0.4) is 0 Å². The van der Waals surface area contributed by atoms with Crippen LogP contribution in [-0.2, 0) is 0 Å². The third-order valence-electron chi connectivity index (χ3n) is 3.23. The highest BCUT2D eigenvalue weighted by molar-refractivity contribution is 5.09. The minimum Gasteiger partial charge on any atom is -0.249 e. The van der Waals surface area contributed by atoms with Crippen molar-refractivity contribution in [3.63, 3.8) is 0 Å². The highest BCUT2D eigenvalue weighted by Crippen LogP contribution is 2.40. The fourth-order valence-electron chi connectivity index (χ4n) is 2.21. The minimum absolute atomic E-state index is 0.253. The van der Waals surface area contributed by atoms with Crippen molar-refractivity contribution in [2.45, 2.75) is 58.9 Å². The highest BCUT2D eigenvalue weighted by atomic mass is 15.4. The summed E-state index contributed by atoms with van der Waals surface area (Å²) < 4.78 is 2.06. The van der Waals surface area contributed by atoms with Gasteiger partial charge in [0.25, 0.3) is 0 Å². The molecule has 0 aromatic carbocycles. The van der Waals surface area contributed by atoms with Crippen molar-refractivity contribution in [3.05, 3.63) is 11.9 Å². The Morgan fingerprint density at radius 3 is 2.60 bits per heavy atom. The normalized spacial score (nSPS) is 19.2. The van der Waals surface area contributed by atoms with Gasteiger partial charge in [-0.3, -0.25) is 0 Å². The van der Waals surface area contributed by atoms with E-state index in [-0.39, 0.29) is 5.41 Å². The fourth-order valence-corrected chi connectivity index (χ4v) is 2.21. The molecular weight excluding hydrogens is 186 g/mol. The molecule has 0 bridgehead atoms. The van der Waals surface area contributed by atoms with Crippen molar-refractivity contribution in [2.24, 2.45) is 5.41 Å². The monoisotopic (exact) mass is 207 g/mol. The van der Waals surface area contributed by atoms with Crippen molar-refractivity contribution in [3.8, 4) is 0 Å². The van der Waals surface area contributed by atoms with Crippen LogP contribution >= 0.6 is 0 Å². The zero-order valence-corrected chi connectivity index (χ0v) is 10.2. The van der Waals surface area contributed by atoms with E-state index in [1.807, 2.05) is 0 Å². The van der Waals surface area contributed by atoms with Gasteiger partial charge >= 0.3 is 0 Å². The van der Waals surface area contributed by atoms with Crippen molar-refractivity contribution in [1.82, 2.24) is 15.0 Å². The first-order valence-electron chi connectivity index (χ1n) is 5.94. The van der Waals surface area contributed by atoms with Gasteiger partial charge in [0, 0.05) is 12.1 Å². The molecule has 2 rings (SSSR count). The van der Waals surface area contributed by atoms with E-state index < -0.39 is 0 Å². The molecule has 1 heterocycles. The van der Waals surface area contributed by atoms with Crippen molar-refractivity contribution >= 4 is 0 Å². The second-order valence-corrected chi connectivity index (χ2v) is 5.69. The molecule has 84 valence electrons. The maximum Gasteiger partial charge on any atom is 0.0858 e. The Bertz CT molecular complexity index is 331. The number of nitrogens with zero attached hydrogens (tertiary/aromatic N) is 3. The second-order valence-electron chi connectivity index (χ2n) is 5.69. The van der Waals surface area contributed by atoms with E-state index in [9.17, 15) is 0 Å². The van der Waals surface area contributed by atoms with Crippen LogP contribution in [-0.4, -0.2) is 15.0 Å². The Kier molecular flexibility index (Phi) is 2.57. The average Bonchev–Trinajstić information content (AvgIpc) is 2.86. The third-order valence-corrected chi connectivity index (χ3v) is 3.23. The van der Waals surface area contributed by atoms with E-state index in [1.165, 1.54) is 18.5 Å². The Morgan fingerprint density at radius 1 is 1.47 bits per heavy atom. The van der Waals surface area contributed by atoms with Crippen LogP contribution in [0.25, 0.3) is 0 Å². The first-order chi connectivity index (χ1) is 7.02. The molecule has 1 aromatic rings. The van der Waals surface area contributed by atoms with E-state index in [1.54, 1.807) is 0 Å². The van der Waals surface area contributed by atoms with Gasteiger partial charge in [-0.15, -0.1) is 5.10 Å². The summed E-state index contributed by atoms with van der Waals surface area (Å²) in [7, 11) is 0. The molecule has 0 aliphatic heterocycles. The lowest BCUT2D eigenvalue weighted by atomic mass is 9.85. The molecule has 1 aromatic heterocycles. The van der Waals surface area contributed by atoms with Gasteiger partial charge in [0.15, 0.2) is 0 Å². The van der Waals surface area contributed by atoms with Gasteiger partial charge in [-0.2, -0.15) is 0 Å². The third kappa shape index (κ3) is 2.21. The van der Waals surface area contributed by atoms with Crippen LogP contribution < -0.4 is 0 Å². The molecule has 3 nitrogen and oxygen atoms in total. The quantitative estimate of drug-likeness (QED) is 0.762. The number of rotatable bonds is 3. The Hall–Kier alpha value is -0.860. The molecule has 1 aliphatic rings. The van der Waals surface area contributed by atoms with E-state index in [4.69, 9.17) is 0 Å². The molecule has 0 saturated heterocycles. The molecule has 1 fully saturated rings. The predicted molar refractivity (Wildman–Crippen MR) is 60.8 cm³/mol. The fraction of sp³-hybridized carbons (Fsp3) is 0.833. The van der Waals surface area contributed by atoms with Crippen molar-refractivity contribution in [2.75, 3.05) is 0 Å². The summed E-state index contributed by atoms with van der Waals surface area (Å²) in [6.45, 7) is 9.01. The summed E-state index contributed by atoms with van der Waals surface area (Å²) in [5.74, 6) is 0.705. The predicted octanol–water partition coefficient (Wildman–Crippen LogP) is 3.15. The summed E-state index contributed by atoms with van der Waals surface area (Å²) in [5.41, 5.74) is 1.45. The Morgan fingerprint density at radius 2 is 2.13 bits per heavy atom. The van der Waals surface area contributed by atoms with Crippen molar-refractivity contribution < 1.29 is 0 Å². The van der Waals surface area contributed by atoms with Crippen LogP contribution in [0.1, 0.15) is 64.6 Å². The molecule has 3 heteroatoms. The topological polar surface area (TPSA) is 30.7 Å². The SMILES string of the molecule is CC[C@@H](n1cc(C2CC2)nn1)C(C)(C)C. The van der Waals surface area contributed by atoms with Gasteiger partial charge in [0.2, 0.25) is 0 Å². The second kappa shape index (κ2) is 3.62. The average molecular weight is 207 g/mol. The minimum atomic E-state index is 0.253. The van der Waals surface area contributed by atoms with Gasteiger partial charge < -0.3 is 0 Å². The molecule has 1 atom stereocenters. The number of hydrogen-bond donors (Lipinski definition) is 0. The molecule has 0 radical (unpaired) electrons. The van der Waals surface area contributed by atoms with Gasteiger partial charge in [0.05, 0.1) is 11.7 Å². The van der Waals surface area contributed by atoms with Crippen LogP contribution in [0, 0.1) is 5.41 Å². The maximum absolute atomic E-state index is 4.28. The summed E-state index contributed by atoms with van der Waals surface area (Å²) >= 11 is 0. The molecule has 0 amide bonds. The molecular formula is C12H21N3. The van der Waals surface area contributed by atoms with Crippen LogP contribution in [0.2, 0.25) is 0 Å². The maximum atomic E-state index is 4.28. The largest absolute Gasteiger partial charge is 0.249 e. The summed E-state index contributed by atoms with van der Waals surface area (Å²) in [6, 6.07) is 0.456. The first-order valence-corrected chi connectivity index (χ1v) is 5.94. The van der Waals surface area contributed by atoms with Crippen molar-refractivity contribution in [1.29, 1.82) is 0 Å². The zero-order valence-electron chi connectivity index (χ0n) is 10.2. The summed E-state index contributed by atoms with van der Waals surface area (Å²) in [6.07, 6.45) is 5.85. The molecule has 0 N–H and O–H groups in total. The molecule has 0 spiro atoms. The van der Waals surface area contributed by atoms with Gasteiger partial charge in [0.1, 0.15) is 0 Å². The molecule has 0 unspecified atom stereocenters. The Balaban J connectivity index is 2.18. The number of aromatic nitrogens is 3. The molecule has 1 aliphatic carbocycles. The molecule has 1 saturated carbocycles. The van der Waals surface area contributed by atoms with Gasteiger partial charge in [-0.05, 0) is 24.7 Å². The standard InChI is InChI=1S/C12H21N3/c1-5-11(12(2,3)4)15-8-10(13-14-15)9-6-7-9/h8-9,11H,5-7H2,1-4H3/t11-/m1/s1. The van der Waals surface area contributed by atoms with E-state index in [0.717, 1.165) is 6.42 Å². The van der Waals surface area contributed by atoms with Crippen LogP contribution in [0.15, 0.2) is 6.20 Å². The number of hydrogen-bond acceptors (Lipinski definition) is 2. The smallest absolute Gasteiger partial charge is 0.0858 e. The first kappa shape index (κ1) is 10.7. The molecule has 15 heavy (non-hydrogen) atoms. The van der Waals surface area contributed by atoms with E-state index >= 15 is 0 Å². The lowest BCUT2D eigenvalue weighted by Crippen LogP contribution is -2.24. The lowest BCUT2D eigenvalue weighted by Gasteiger charge is -2.29. The van der Waals surface area contributed by atoms with Crippen LogP contribution in [0.4, 0.5) is 0 Å². The van der Waals surface area contributed by atoms with Gasteiger partial charge in [-0.1, -0.05) is 32.9 Å². The lowest BCUT2D eigenvalue weighted by molar-refractivity contribution is 0.215. The highest BCUT2D eigenvalue weighted by Gasteiger charge is 2.30. The van der Waals surface area contributed by atoms with E-state index in [0.29, 0.717) is 12.0 Å². The zero-order chi connectivity index (χ0) is 11.1. The summed E-state index contributed by atoms with van der Waals surface area (Å²) in [5, 5.41) is 8.56. The summed E-state index contributed by atoms with van der Waals surface area (Å²) in [4.78, 5) is 0.